The summed E-state index contributed by atoms with van der Waals surface area (Å²) in [6, 6.07) is 27.4. The Hall–Kier alpha value is -6.37. The van der Waals surface area contributed by atoms with Crippen molar-refractivity contribution in [2.24, 2.45) is 5.73 Å². The highest BCUT2D eigenvalue weighted by atomic mass is 35.5. The van der Waals surface area contributed by atoms with Gasteiger partial charge in [0.05, 0.1) is 39.9 Å². The fourth-order valence-corrected chi connectivity index (χ4v) is 5.50. The van der Waals surface area contributed by atoms with Crippen LogP contribution in [0.15, 0.2) is 135 Å². The maximum atomic E-state index is 13.6. The van der Waals surface area contributed by atoms with Gasteiger partial charge in [0, 0.05) is 52.7 Å². The van der Waals surface area contributed by atoms with Gasteiger partial charge in [-0.1, -0.05) is 23.7 Å². The van der Waals surface area contributed by atoms with E-state index in [9.17, 15) is 8.78 Å². The van der Waals surface area contributed by atoms with Crippen LogP contribution >= 0.6 is 11.6 Å². The summed E-state index contributed by atoms with van der Waals surface area (Å²) in [6.45, 7) is 3.89. The van der Waals surface area contributed by atoms with Gasteiger partial charge in [-0.05, 0) is 98.8 Å². The highest BCUT2D eigenvalue weighted by Gasteiger charge is 2.17. The van der Waals surface area contributed by atoms with E-state index < -0.39 is 0 Å². The molecule has 0 bridgehead atoms. The first-order chi connectivity index (χ1) is 25.7. The van der Waals surface area contributed by atoms with Crippen LogP contribution in [-0.4, -0.2) is 39.9 Å². The Labute approximate surface area is 309 Å². The summed E-state index contributed by atoms with van der Waals surface area (Å²) < 4.78 is 27.0. The number of nitrogens with zero attached hydrogens (tertiary/aromatic N) is 8. The molecule has 2 aromatic carbocycles. The van der Waals surface area contributed by atoms with Crippen LogP contribution in [0.4, 0.5) is 14.6 Å². The van der Waals surface area contributed by atoms with Gasteiger partial charge >= 0.3 is 0 Å². The highest BCUT2D eigenvalue weighted by Crippen LogP contribution is 2.31. The molecular formula is C40H33ClF2N10. The number of anilines is 1. The Balaban J connectivity index is 0.000000157. The molecule has 53 heavy (non-hydrogen) atoms. The number of nitrogens with two attached hydrogens (primary N) is 1. The quantitative estimate of drug-likeness (QED) is 0.160. The minimum atomic E-state index is -0.286. The Bertz CT molecular complexity index is 2410. The molecule has 13 heteroatoms. The minimum absolute atomic E-state index is 0.128. The van der Waals surface area contributed by atoms with E-state index in [0.717, 1.165) is 55.7 Å². The Morgan fingerprint density at radius 1 is 0.604 bits per heavy atom. The first kappa shape index (κ1) is 36.4. The van der Waals surface area contributed by atoms with Gasteiger partial charge in [0.15, 0.2) is 0 Å². The molecule has 8 rings (SSSR count). The SMILES string of the molecule is CC(N)c1nc2ccc(F)cc2cc1-c1ccccn1.CC(Nc1ccncn1)c1nc2ccc(F)cc2cc1-c1ccccn1.Clc1ccncn1. The van der Waals surface area contributed by atoms with E-state index in [1.807, 2.05) is 62.4 Å². The largest absolute Gasteiger partial charge is 0.362 e. The van der Waals surface area contributed by atoms with Gasteiger partial charge in [0.25, 0.3) is 0 Å². The van der Waals surface area contributed by atoms with Crippen molar-refractivity contribution >= 4 is 39.2 Å². The van der Waals surface area contributed by atoms with Crippen LogP contribution in [0.3, 0.4) is 0 Å². The smallest absolute Gasteiger partial charge is 0.132 e. The monoisotopic (exact) mass is 726 g/mol. The van der Waals surface area contributed by atoms with Gasteiger partial charge in [0.2, 0.25) is 0 Å². The van der Waals surface area contributed by atoms with E-state index in [4.69, 9.17) is 22.3 Å². The molecule has 0 fully saturated rings. The average Bonchev–Trinajstić information content (AvgIpc) is 3.18. The number of pyridine rings is 4. The molecule has 264 valence electrons. The zero-order valence-corrected chi connectivity index (χ0v) is 29.4. The molecule has 0 radical (unpaired) electrons. The fourth-order valence-electron chi connectivity index (χ4n) is 5.40. The molecule has 6 aromatic heterocycles. The fraction of sp³-hybridized carbons (Fsp3) is 0.100. The molecule has 2 atom stereocenters. The van der Waals surface area contributed by atoms with Crippen molar-refractivity contribution in [3.63, 3.8) is 0 Å². The summed E-state index contributed by atoms with van der Waals surface area (Å²) in [6.07, 6.45) is 9.62. The lowest BCUT2D eigenvalue weighted by Gasteiger charge is -2.18. The molecule has 0 aliphatic rings. The van der Waals surface area contributed by atoms with Crippen LogP contribution in [0, 0.1) is 11.6 Å². The zero-order chi connectivity index (χ0) is 37.2. The topological polar surface area (TPSA) is 141 Å². The standard InChI is InChI=1S/C20H16FN5.C16H14FN3.C4H3ClN2/c1-13(25-19-7-9-22-12-24-19)20-16(18-4-2-3-8-23-18)11-14-10-15(21)5-6-17(14)26-20;1-10(18)16-13(15-4-2-3-7-19-15)9-11-8-12(17)5-6-14(11)20-16;5-4-1-2-6-3-7-4/h2-13H,1H3,(H,22,24,25);2-10H,18H2,1H3;1-3H. The second-order valence-corrected chi connectivity index (χ2v) is 12.1. The predicted molar refractivity (Wildman–Crippen MR) is 204 cm³/mol. The summed E-state index contributed by atoms with van der Waals surface area (Å²) in [5.41, 5.74) is 12.3. The molecule has 0 amide bonds. The maximum Gasteiger partial charge on any atom is 0.132 e. The number of hydrogen-bond acceptors (Lipinski definition) is 10. The van der Waals surface area contributed by atoms with Crippen LogP contribution in [0.5, 0.6) is 0 Å². The van der Waals surface area contributed by atoms with Gasteiger partial charge in [-0.15, -0.1) is 0 Å². The van der Waals surface area contributed by atoms with Crippen LogP contribution < -0.4 is 11.1 Å². The summed E-state index contributed by atoms with van der Waals surface area (Å²) in [7, 11) is 0. The van der Waals surface area contributed by atoms with Crippen molar-refractivity contribution in [2.75, 3.05) is 5.32 Å². The summed E-state index contributed by atoms with van der Waals surface area (Å²) in [4.78, 5) is 33.5. The normalized spacial score (nSPS) is 11.8. The molecule has 2 unspecified atom stereocenters. The third kappa shape index (κ3) is 9.50. The number of fused-ring (bicyclic) bond motifs is 2. The number of rotatable bonds is 6. The van der Waals surface area contributed by atoms with Crippen LogP contribution in [-0.2, 0) is 0 Å². The van der Waals surface area contributed by atoms with E-state index in [-0.39, 0.29) is 23.7 Å². The second kappa shape index (κ2) is 17.2. The van der Waals surface area contributed by atoms with Gasteiger partial charge in [0.1, 0.15) is 35.3 Å². The lowest BCUT2D eigenvalue weighted by molar-refractivity contribution is 0.629. The Morgan fingerprint density at radius 2 is 1.15 bits per heavy atom. The van der Waals surface area contributed by atoms with E-state index in [1.165, 1.54) is 36.9 Å². The number of hydrogen-bond donors (Lipinski definition) is 2. The number of nitrogens with one attached hydrogen (secondary N) is 1. The number of benzene rings is 2. The molecule has 10 nitrogen and oxygen atoms in total. The minimum Gasteiger partial charge on any atom is -0.362 e. The molecule has 0 aliphatic heterocycles. The molecule has 0 saturated carbocycles. The maximum absolute atomic E-state index is 13.6. The third-order valence-electron chi connectivity index (χ3n) is 7.83. The summed E-state index contributed by atoms with van der Waals surface area (Å²) in [5, 5.41) is 5.30. The third-order valence-corrected chi connectivity index (χ3v) is 8.05. The summed E-state index contributed by atoms with van der Waals surface area (Å²) >= 11 is 5.39. The Morgan fingerprint density at radius 3 is 1.60 bits per heavy atom. The summed E-state index contributed by atoms with van der Waals surface area (Å²) in [5.74, 6) is 0.145. The van der Waals surface area contributed by atoms with E-state index >= 15 is 0 Å². The molecule has 0 saturated heterocycles. The van der Waals surface area contributed by atoms with E-state index in [0.29, 0.717) is 11.0 Å². The van der Waals surface area contributed by atoms with Gasteiger partial charge < -0.3 is 11.1 Å². The predicted octanol–water partition coefficient (Wildman–Crippen LogP) is 8.98. The van der Waals surface area contributed by atoms with Crippen molar-refractivity contribution in [3.8, 4) is 22.5 Å². The zero-order valence-electron chi connectivity index (χ0n) is 28.6. The van der Waals surface area contributed by atoms with Gasteiger partial charge in [-0.25, -0.2) is 33.7 Å². The van der Waals surface area contributed by atoms with E-state index in [1.54, 1.807) is 49.1 Å². The van der Waals surface area contributed by atoms with Crippen molar-refractivity contribution < 1.29 is 8.78 Å². The number of aromatic nitrogens is 8. The first-order valence-electron chi connectivity index (χ1n) is 16.5. The van der Waals surface area contributed by atoms with Crippen molar-refractivity contribution in [1.29, 1.82) is 0 Å². The molecule has 3 N–H and O–H groups in total. The van der Waals surface area contributed by atoms with Crippen molar-refractivity contribution in [1.82, 2.24) is 39.9 Å². The molecular weight excluding hydrogens is 694 g/mol. The Kier molecular flexibility index (Phi) is 11.8. The van der Waals surface area contributed by atoms with Crippen LogP contribution in [0.1, 0.15) is 37.3 Å². The van der Waals surface area contributed by atoms with Gasteiger partial charge in [-0.2, -0.15) is 0 Å². The van der Waals surface area contributed by atoms with Crippen LogP contribution in [0.2, 0.25) is 5.15 Å². The molecule has 0 spiro atoms. The lowest BCUT2D eigenvalue weighted by atomic mass is 10.0. The number of halogens is 3. The highest BCUT2D eigenvalue weighted by molar-refractivity contribution is 6.29. The molecule has 8 aromatic rings. The first-order valence-corrected chi connectivity index (χ1v) is 16.9. The molecule has 0 aliphatic carbocycles. The second-order valence-electron chi connectivity index (χ2n) is 11.7. The molecule has 6 heterocycles. The average molecular weight is 727 g/mol. The lowest BCUT2D eigenvalue weighted by Crippen LogP contribution is -2.11. The van der Waals surface area contributed by atoms with Crippen LogP contribution in [0.25, 0.3) is 44.3 Å². The van der Waals surface area contributed by atoms with Gasteiger partial charge in [-0.3, -0.25) is 15.0 Å². The van der Waals surface area contributed by atoms with Crippen molar-refractivity contribution in [2.45, 2.75) is 25.9 Å². The van der Waals surface area contributed by atoms with Crippen molar-refractivity contribution in [3.05, 3.63) is 163 Å². The van der Waals surface area contributed by atoms with E-state index in [2.05, 4.69) is 40.2 Å².